The Kier molecular flexibility index (Phi) is 6.89. The fraction of sp³-hybridized carbons (Fsp3) is 0.375. The zero-order chi connectivity index (χ0) is 20.9. The number of para-hydroxylation sites is 1. The van der Waals surface area contributed by atoms with Gasteiger partial charge in [-0.05, 0) is 26.0 Å². The lowest BCUT2D eigenvalue weighted by molar-refractivity contribution is -0.137. The monoisotopic (exact) mass is 416 g/mol. The average Bonchev–Trinajstić information content (AvgIpc) is 2.95. The number of benzene rings is 1. The smallest absolute Gasteiger partial charge is 0.336 e. The summed E-state index contributed by atoms with van der Waals surface area (Å²) in [4.78, 5) is 25.7. The molecule has 1 heterocycles. The number of nitrogen functional groups attached to an aromatic ring is 1. The minimum absolute atomic E-state index is 0.0460. The van der Waals surface area contributed by atoms with E-state index in [1.165, 1.54) is 21.7 Å². The number of carbonyl (C=O) groups excluding carboxylic acids is 2. The highest BCUT2D eigenvalue weighted by Gasteiger charge is 2.33. The van der Waals surface area contributed by atoms with Gasteiger partial charge in [0.1, 0.15) is 5.82 Å². The van der Waals surface area contributed by atoms with Crippen molar-refractivity contribution in [3.05, 3.63) is 35.7 Å². The number of hydrogen-bond donors (Lipinski definition) is 2. The van der Waals surface area contributed by atoms with Crippen molar-refractivity contribution in [2.75, 3.05) is 30.0 Å². The molecule has 28 heavy (non-hydrogen) atoms. The van der Waals surface area contributed by atoms with E-state index in [-0.39, 0.29) is 30.4 Å². The Balaban J connectivity index is 1.98. The number of likely N-dealkylation sites (N-methyl/N-ethyl adjacent to an activating group) is 1. The molecular formula is C16H19F3N6O2S. The van der Waals surface area contributed by atoms with Crippen LogP contribution >= 0.6 is 11.8 Å². The highest BCUT2D eigenvalue weighted by molar-refractivity contribution is 7.99. The van der Waals surface area contributed by atoms with E-state index in [4.69, 9.17) is 5.84 Å². The van der Waals surface area contributed by atoms with Gasteiger partial charge in [-0.2, -0.15) is 13.2 Å². The van der Waals surface area contributed by atoms with Gasteiger partial charge in [-0.1, -0.05) is 23.9 Å². The predicted molar refractivity (Wildman–Crippen MR) is 98.0 cm³/mol. The van der Waals surface area contributed by atoms with Gasteiger partial charge in [-0.25, -0.2) is 4.68 Å². The maximum atomic E-state index is 13.0. The van der Waals surface area contributed by atoms with Gasteiger partial charge in [0.2, 0.25) is 17.0 Å². The molecule has 0 aliphatic carbocycles. The number of halogens is 3. The zero-order valence-electron chi connectivity index (χ0n) is 15.2. The molecule has 0 spiro atoms. The van der Waals surface area contributed by atoms with Gasteiger partial charge in [0.25, 0.3) is 0 Å². The number of hydrogen-bond acceptors (Lipinski definition) is 6. The van der Waals surface area contributed by atoms with Crippen molar-refractivity contribution in [1.29, 1.82) is 0 Å². The molecule has 8 nitrogen and oxygen atoms in total. The van der Waals surface area contributed by atoms with Crippen LogP contribution in [0.2, 0.25) is 0 Å². The number of aromatic nitrogens is 3. The fourth-order valence-electron chi connectivity index (χ4n) is 2.24. The molecule has 2 rings (SSSR count). The third kappa shape index (κ3) is 5.38. The van der Waals surface area contributed by atoms with Crippen LogP contribution in [-0.2, 0) is 15.8 Å². The van der Waals surface area contributed by atoms with E-state index >= 15 is 0 Å². The van der Waals surface area contributed by atoms with Crippen LogP contribution in [-0.4, -0.2) is 50.4 Å². The molecule has 0 bridgehead atoms. The summed E-state index contributed by atoms with van der Waals surface area (Å²) in [5.41, 5.74) is -1.31. The first-order valence-electron chi connectivity index (χ1n) is 8.17. The number of amides is 2. The second-order valence-electron chi connectivity index (χ2n) is 5.69. The molecule has 0 radical (unpaired) electrons. The number of nitrogens with zero attached hydrogens (tertiary/aromatic N) is 4. The molecule has 0 saturated heterocycles. The summed E-state index contributed by atoms with van der Waals surface area (Å²) in [5.74, 6) is 5.02. The number of aryl methyl sites for hydroxylation is 1. The van der Waals surface area contributed by atoms with Gasteiger partial charge in [0.15, 0.2) is 0 Å². The Morgan fingerprint density at radius 1 is 1.29 bits per heavy atom. The fourth-order valence-corrected chi connectivity index (χ4v) is 3.05. The predicted octanol–water partition coefficient (Wildman–Crippen LogP) is 1.90. The van der Waals surface area contributed by atoms with Crippen LogP contribution in [0.3, 0.4) is 0 Å². The molecule has 0 saturated carbocycles. The van der Waals surface area contributed by atoms with Crippen LogP contribution in [0.5, 0.6) is 0 Å². The highest BCUT2D eigenvalue weighted by Crippen LogP contribution is 2.34. The van der Waals surface area contributed by atoms with Crippen LogP contribution in [0.15, 0.2) is 29.4 Å². The molecular weight excluding hydrogens is 397 g/mol. The summed E-state index contributed by atoms with van der Waals surface area (Å²) in [6.45, 7) is 3.15. The number of anilines is 1. The molecule has 0 unspecified atom stereocenters. The van der Waals surface area contributed by atoms with Crippen molar-refractivity contribution < 1.29 is 22.8 Å². The SMILES string of the molecule is CCN(CC(=O)Nc1ccccc1C(F)(F)F)C(=O)CSc1nnc(C)n1N. The molecule has 0 aliphatic rings. The topological polar surface area (TPSA) is 106 Å². The summed E-state index contributed by atoms with van der Waals surface area (Å²) >= 11 is 1.05. The molecule has 2 amide bonds. The minimum atomic E-state index is -4.60. The van der Waals surface area contributed by atoms with Crippen molar-refractivity contribution in [1.82, 2.24) is 19.8 Å². The summed E-state index contributed by atoms with van der Waals surface area (Å²) in [6, 6.07) is 4.65. The standard InChI is InChI=1S/C16H19F3N6O2S/c1-3-24(14(27)9-28-15-23-22-10(2)25(15)20)8-13(26)21-12-7-5-4-6-11(12)16(17,18)19/h4-7H,3,8-9,20H2,1-2H3,(H,21,26). The molecule has 1 aromatic heterocycles. The molecule has 0 atom stereocenters. The molecule has 2 aromatic rings. The normalized spacial score (nSPS) is 11.3. The van der Waals surface area contributed by atoms with Gasteiger partial charge in [-0.3, -0.25) is 9.59 Å². The number of alkyl halides is 3. The van der Waals surface area contributed by atoms with Gasteiger partial charge >= 0.3 is 6.18 Å². The quantitative estimate of drug-likeness (QED) is 0.528. The third-order valence-electron chi connectivity index (χ3n) is 3.74. The van der Waals surface area contributed by atoms with Crippen LogP contribution in [0.4, 0.5) is 18.9 Å². The average molecular weight is 416 g/mol. The molecule has 152 valence electrons. The summed E-state index contributed by atoms with van der Waals surface area (Å²) in [5, 5.41) is 10.1. The van der Waals surface area contributed by atoms with Crippen LogP contribution in [0.1, 0.15) is 18.3 Å². The largest absolute Gasteiger partial charge is 0.418 e. The number of nitrogens with one attached hydrogen (secondary N) is 1. The molecule has 1 aromatic carbocycles. The maximum Gasteiger partial charge on any atom is 0.418 e. The molecule has 3 N–H and O–H groups in total. The van der Waals surface area contributed by atoms with Crippen LogP contribution < -0.4 is 11.2 Å². The van der Waals surface area contributed by atoms with Gasteiger partial charge in [-0.15, -0.1) is 10.2 Å². The lowest BCUT2D eigenvalue weighted by Gasteiger charge is -2.21. The van der Waals surface area contributed by atoms with E-state index in [1.54, 1.807) is 13.8 Å². The Morgan fingerprint density at radius 2 is 1.96 bits per heavy atom. The van der Waals surface area contributed by atoms with Crippen LogP contribution in [0.25, 0.3) is 0 Å². The first-order chi connectivity index (χ1) is 13.1. The lowest BCUT2D eigenvalue weighted by atomic mass is 10.1. The second-order valence-corrected chi connectivity index (χ2v) is 6.63. The van der Waals surface area contributed by atoms with E-state index in [9.17, 15) is 22.8 Å². The molecule has 0 aliphatic heterocycles. The van der Waals surface area contributed by atoms with Gasteiger partial charge < -0.3 is 16.1 Å². The number of carbonyl (C=O) groups is 2. The van der Waals surface area contributed by atoms with Crippen LogP contribution in [0, 0.1) is 6.92 Å². The zero-order valence-corrected chi connectivity index (χ0v) is 16.0. The summed E-state index contributed by atoms with van der Waals surface area (Å²) in [6.07, 6.45) is -4.60. The third-order valence-corrected chi connectivity index (χ3v) is 4.66. The first kappa shape index (κ1) is 21.5. The number of thioether (sulfide) groups is 1. The second kappa shape index (κ2) is 8.95. The van der Waals surface area contributed by atoms with Crippen molar-refractivity contribution >= 4 is 29.3 Å². The van der Waals surface area contributed by atoms with E-state index < -0.39 is 17.6 Å². The Labute approximate surface area is 163 Å². The Bertz CT molecular complexity index is 855. The highest BCUT2D eigenvalue weighted by atomic mass is 32.2. The van der Waals surface area contributed by atoms with Crippen molar-refractivity contribution in [2.24, 2.45) is 0 Å². The first-order valence-corrected chi connectivity index (χ1v) is 9.15. The number of nitrogens with two attached hydrogens (primary N) is 1. The van der Waals surface area contributed by atoms with Gasteiger partial charge in [0, 0.05) is 6.54 Å². The van der Waals surface area contributed by atoms with Gasteiger partial charge in [0.05, 0.1) is 23.5 Å². The molecule has 12 heteroatoms. The van der Waals surface area contributed by atoms with E-state index in [0.717, 1.165) is 23.9 Å². The van der Waals surface area contributed by atoms with Crippen molar-refractivity contribution in [3.8, 4) is 0 Å². The van der Waals surface area contributed by atoms with E-state index in [1.807, 2.05) is 0 Å². The van der Waals surface area contributed by atoms with Crippen molar-refractivity contribution in [2.45, 2.75) is 25.2 Å². The summed E-state index contributed by atoms with van der Waals surface area (Å²) in [7, 11) is 0. The Hall–Kier alpha value is -2.76. The Morgan fingerprint density at radius 3 is 2.54 bits per heavy atom. The minimum Gasteiger partial charge on any atom is -0.336 e. The van der Waals surface area contributed by atoms with E-state index in [2.05, 4.69) is 15.5 Å². The van der Waals surface area contributed by atoms with Crippen molar-refractivity contribution in [3.63, 3.8) is 0 Å². The maximum absolute atomic E-state index is 13.0. The molecule has 0 fully saturated rings. The van der Waals surface area contributed by atoms with E-state index in [0.29, 0.717) is 11.0 Å². The summed E-state index contributed by atoms with van der Waals surface area (Å²) < 4.78 is 40.3. The lowest BCUT2D eigenvalue weighted by Crippen LogP contribution is -2.39. The number of rotatable bonds is 7.